The van der Waals surface area contributed by atoms with Gasteiger partial charge >= 0.3 is 0 Å². The number of nitrogens with one attached hydrogen (secondary N) is 1. The van der Waals surface area contributed by atoms with Crippen LogP contribution in [0, 0.1) is 0 Å². The molecule has 0 radical (unpaired) electrons. The van der Waals surface area contributed by atoms with Crippen molar-refractivity contribution in [1.29, 1.82) is 0 Å². The van der Waals surface area contributed by atoms with Crippen LogP contribution in [0.1, 0.15) is 45.6 Å². The Morgan fingerprint density at radius 1 is 1.19 bits per heavy atom. The second-order valence-corrected chi connectivity index (χ2v) is 5.76. The van der Waals surface area contributed by atoms with Crippen LogP contribution in [0.5, 0.6) is 0 Å². The standard InChI is InChI=1S/C17H24N2O2/c1-4-14(5-2)19-12-11-15(20)18-17(3,16(19)21)13-9-7-6-8-10-13/h6-10,14H,4-5,11-12H2,1-3H3,(H,18,20). The van der Waals surface area contributed by atoms with E-state index in [0.29, 0.717) is 13.0 Å². The van der Waals surface area contributed by atoms with Crippen LogP contribution in [0.25, 0.3) is 0 Å². The molecule has 1 heterocycles. The van der Waals surface area contributed by atoms with Crippen molar-refractivity contribution in [3.63, 3.8) is 0 Å². The molecule has 0 aromatic heterocycles. The Morgan fingerprint density at radius 2 is 1.81 bits per heavy atom. The van der Waals surface area contributed by atoms with Crippen LogP contribution >= 0.6 is 0 Å². The van der Waals surface area contributed by atoms with Gasteiger partial charge in [0.15, 0.2) is 0 Å². The summed E-state index contributed by atoms with van der Waals surface area (Å²) in [5, 5.41) is 2.92. The topological polar surface area (TPSA) is 49.4 Å². The van der Waals surface area contributed by atoms with E-state index in [1.54, 1.807) is 0 Å². The van der Waals surface area contributed by atoms with Crippen LogP contribution in [-0.2, 0) is 15.1 Å². The molecule has 0 aliphatic carbocycles. The summed E-state index contributed by atoms with van der Waals surface area (Å²) in [6.45, 7) is 6.48. The van der Waals surface area contributed by atoms with Crippen molar-refractivity contribution in [2.75, 3.05) is 6.54 Å². The summed E-state index contributed by atoms with van der Waals surface area (Å²) in [4.78, 5) is 27.0. The second kappa shape index (κ2) is 6.29. The summed E-state index contributed by atoms with van der Waals surface area (Å²) in [5.41, 5.74) is -0.140. The average Bonchev–Trinajstić information content (AvgIpc) is 2.61. The number of nitrogens with zero attached hydrogens (tertiary/aromatic N) is 1. The first-order chi connectivity index (χ1) is 10.0. The van der Waals surface area contributed by atoms with Gasteiger partial charge in [0.2, 0.25) is 5.91 Å². The first kappa shape index (κ1) is 15.5. The van der Waals surface area contributed by atoms with Crippen LogP contribution in [0.15, 0.2) is 30.3 Å². The van der Waals surface area contributed by atoms with E-state index >= 15 is 0 Å². The van der Waals surface area contributed by atoms with E-state index in [2.05, 4.69) is 19.2 Å². The molecule has 1 N–H and O–H groups in total. The van der Waals surface area contributed by atoms with Gasteiger partial charge in [0.25, 0.3) is 5.91 Å². The average molecular weight is 288 g/mol. The molecule has 21 heavy (non-hydrogen) atoms. The molecule has 114 valence electrons. The molecule has 4 nitrogen and oxygen atoms in total. The molecule has 1 unspecified atom stereocenters. The number of amides is 2. The molecule has 2 amide bonds. The highest BCUT2D eigenvalue weighted by molar-refractivity contribution is 5.94. The Bertz CT molecular complexity index is 511. The van der Waals surface area contributed by atoms with Crippen molar-refractivity contribution < 1.29 is 9.59 Å². The summed E-state index contributed by atoms with van der Waals surface area (Å²) in [6.07, 6.45) is 2.17. The Morgan fingerprint density at radius 3 is 2.38 bits per heavy atom. The highest BCUT2D eigenvalue weighted by Gasteiger charge is 2.43. The van der Waals surface area contributed by atoms with E-state index in [0.717, 1.165) is 18.4 Å². The zero-order chi connectivity index (χ0) is 15.5. The highest BCUT2D eigenvalue weighted by Crippen LogP contribution is 2.28. The third-order valence-electron chi connectivity index (χ3n) is 4.39. The van der Waals surface area contributed by atoms with Gasteiger partial charge in [0.05, 0.1) is 0 Å². The SMILES string of the molecule is CCC(CC)N1CCC(=O)NC(C)(c2ccccc2)C1=O. The first-order valence-electron chi connectivity index (χ1n) is 7.70. The Labute approximate surface area is 126 Å². The van der Waals surface area contributed by atoms with Gasteiger partial charge in [0.1, 0.15) is 5.54 Å². The number of carbonyl (C=O) groups is 2. The molecule has 2 rings (SSSR count). The fourth-order valence-electron chi connectivity index (χ4n) is 3.05. The fraction of sp³-hybridized carbons (Fsp3) is 0.529. The molecule has 1 fully saturated rings. The molecule has 4 heteroatoms. The maximum Gasteiger partial charge on any atom is 0.252 e. The molecule has 1 aromatic rings. The minimum absolute atomic E-state index is 0.00625. The van der Waals surface area contributed by atoms with Crippen LogP contribution < -0.4 is 5.32 Å². The Hall–Kier alpha value is -1.84. The number of benzene rings is 1. The van der Waals surface area contributed by atoms with Gasteiger partial charge in [-0.2, -0.15) is 0 Å². The maximum atomic E-state index is 13.1. The zero-order valence-corrected chi connectivity index (χ0v) is 13.1. The van der Waals surface area contributed by atoms with Crippen molar-refractivity contribution in [2.45, 2.75) is 51.6 Å². The van der Waals surface area contributed by atoms with E-state index in [1.165, 1.54) is 0 Å². The molecular formula is C17H24N2O2. The third-order valence-corrected chi connectivity index (χ3v) is 4.39. The van der Waals surface area contributed by atoms with Gasteiger partial charge in [0, 0.05) is 19.0 Å². The summed E-state index contributed by atoms with van der Waals surface area (Å²) < 4.78 is 0. The first-order valence-corrected chi connectivity index (χ1v) is 7.70. The monoisotopic (exact) mass is 288 g/mol. The van der Waals surface area contributed by atoms with Crippen molar-refractivity contribution in [3.8, 4) is 0 Å². The van der Waals surface area contributed by atoms with Crippen LogP contribution in [0.2, 0.25) is 0 Å². The summed E-state index contributed by atoms with van der Waals surface area (Å²) >= 11 is 0. The number of carbonyl (C=O) groups excluding carboxylic acids is 2. The molecule has 1 aliphatic rings. The Kier molecular flexibility index (Phi) is 4.66. The molecule has 1 aromatic carbocycles. The molecule has 1 aliphatic heterocycles. The van der Waals surface area contributed by atoms with E-state index in [4.69, 9.17) is 0 Å². The molecule has 0 bridgehead atoms. The van der Waals surface area contributed by atoms with E-state index in [9.17, 15) is 9.59 Å². The lowest BCUT2D eigenvalue weighted by Gasteiger charge is -2.36. The van der Waals surface area contributed by atoms with E-state index < -0.39 is 5.54 Å². The van der Waals surface area contributed by atoms with Gasteiger partial charge < -0.3 is 10.2 Å². The summed E-state index contributed by atoms with van der Waals surface area (Å²) in [5.74, 6) is -0.0728. The van der Waals surface area contributed by atoms with E-state index in [1.807, 2.05) is 42.2 Å². The van der Waals surface area contributed by atoms with Crippen molar-refractivity contribution in [3.05, 3.63) is 35.9 Å². The number of rotatable bonds is 4. The van der Waals surface area contributed by atoms with Crippen LogP contribution in [0.4, 0.5) is 0 Å². The smallest absolute Gasteiger partial charge is 0.252 e. The predicted octanol–water partition coefficient (Wildman–Crippen LogP) is 2.44. The normalized spacial score (nSPS) is 23.1. The van der Waals surface area contributed by atoms with Crippen molar-refractivity contribution in [1.82, 2.24) is 10.2 Å². The fourth-order valence-corrected chi connectivity index (χ4v) is 3.05. The zero-order valence-electron chi connectivity index (χ0n) is 13.1. The molecule has 1 saturated heterocycles. The van der Waals surface area contributed by atoms with Gasteiger partial charge in [-0.3, -0.25) is 9.59 Å². The quantitative estimate of drug-likeness (QED) is 0.925. The molecular weight excluding hydrogens is 264 g/mol. The lowest BCUT2D eigenvalue weighted by Crippen LogP contribution is -2.54. The minimum Gasteiger partial charge on any atom is -0.338 e. The third kappa shape index (κ3) is 2.94. The molecule has 0 spiro atoms. The lowest BCUT2D eigenvalue weighted by atomic mass is 9.90. The summed E-state index contributed by atoms with van der Waals surface area (Å²) in [7, 11) is 0. The largest absolute Gasteiger partial charge is 0.338 e. The van der Waals surface area contributed by atoms with Crippen molar-refractivity contribution >= 4 is 11.8 Å². The molecule has 0 saturated carbocycles. The van der Waals surface area contributed by atoms with Gasteiger partial charge in [-0.25, -0.2) is 0 Å². The van der Waals surface area contributed by atoms with Crippen LogP contribution in [0.3, 0.4) is 0 Å². The van der Waals surface area contributed by atoms with E-state index in [-0.39, 0.29) is 17.9 Å². The minimum atomic E-state index is -0.975. The van der Waals surface area contributed by atoms with Gasteiger partial charge in [-0.15, -0.1) is 0 Å². The number of hydrogen-bond acceptors (Lipinski definition) is 2. The lowest BCUT2D eigenvalue weighted by molar-refractivity contribution is -0.140. The summed E-state index contributed by atoms with van der Waals surface area (Å²) in [6, 6.07) is 9.68. The van der Waals surface area contributed by atoms with Gasteiger partial charge in [-0.1, -0.05) is 44.2 Å². The second-order valence-electron chi connectivity index (χ2n) is 5.76. The van der Waals surface area contributed by atoms with Gasteiger partial charge in [-0.05, 0) is 25.3 Å². The molecule has 1 atom stereocenters. The van der Waals surface area contributed by atoms with Crippen LogP contribution in [-0.4, -0.2) is 29.3 Å². The highest BCUT2D eigenvalue weighted by atomic mass is 16.2. The maximum absolute atomic E-state index is 13.1. The Balaban J connectivity index is 2.43. The van der Waals surface area contributed by atoms with Crippen molar-refractivity contribution in [2.24, 2.45) is 0 Å². The predicted molar refractivity (Wildman–Crippen MR) is 82.6 cm³/mol. The number of hydrogen-bond donors (Lipinski definition) is 1.